The van der Waals surface area contributed by atoms with Crippen molar-refractivity contribution < 1.29 is 0 Å². The Morgan fingerprint density at radius 1 is 1.00 bits per heavy atom. The van der Waals surface area contributed by atoms with Crippen LogP contribution >= 0.6 is 11.8 Å². The zero-order valence-electron chi connectivity index (χ0n) is 12.5. The highest BCUT2D eigenvalue weighted by atomic mass is 32.2. The van der Waals surface area contributed by atoms with Crippen LogP contribution in [0.25, 0.3) is 0 Å². The molecular weight excluding hydrogens is 262 g/mol. The average Bonchev–Trinajstić information content (AvgIpc) is 2.50. The zero-order chi connectivity index (χ0) is 14.4. The lowest BCUT2D eigenvalue weighted by atomic mass is 10.0. The molecule has 106 valence electrons. The third kappa shape index (κ3) is 4.12. The molecular formula is C18H23NS. The van der Waals surface area contributed by atoms with E-state index in [1.54, 1.807) is 11.8 Å². The van der Waals surface area contributed by atoms with Gasteiger partial charge in [0.15, 0.2) is 0 Å². The second-order valence-electron chi connectivity index (χ2n) is 5.10. The zero-order valence-corrected chi connectivity index (χ0v) is 13.3. The van der Waals surface area contributed by atoms with Crippen LogP contribution in [0.5, 0.6) is 0 Å². The number of nitrogens with one attached hydrogen (secondary N) is 1. The smallest absolute Gasteiger partial charge is 0.0320 e. The predicted molar refractivity (Wildman–Crippen MR) is 89.3 cm³/mol. The van der Waals surface area contributed by atoms with E-state index in [9.17, 15) is 0 Å². The van der Waals surface area contributed by atoms with Crippen LogP contribution in [-0.4, -0.2) is 6.26 Å². The Balaban J connectivity index is 1.97. The molecule has 1 unspecified atom stereocenters. The molecule has 0 aliphatic heterocycles. The molecule has 0 fully saturated rings. The lowest BCUT2D eigenvalue weighted by Gasteiger charge is -2.18. The van der Waals surface area contributed by atoms with Crippen molar-refractivity contribution in [2.45, 2.75) is 37.8 Å². The minimum atomic E-state index is 0.427. The highest BCUT2D eigenvalue weighted by Gasteiger charge is 2.08. The number of thioether (sulfide) groups is 1. The molecule has 2 rings (SSSR count). The quantitative estimate of drug-likeness (QED) is 0.753. The molecule has 0 heterocycles. The van der Waals surface area contributed by atoms with Gasteiger partial charge in [0.1, 0.15) is 0 Å². The summed E-state index contributed by atoms with van der Waals surface area (Å²) in [7, 11) is 0. The molecule has 0 aromatic heterocycles. The molecule has 2 aromatic carbocycles. The Hall–Kier alpha value is -1.25. The molecule has 0 amide bonds. The first-order valence-electron chi connectivity index (χ1n) is 7.15. The van der Waals surface area contributed by atoms with Crippen molar-refractivity contribution in [3.63, 3.8) is 0 Å². The van der Waals surface area contributed by atoms with E-state index in [1.807, 2.05) is 0 Å². The Kier molecular flexibility index (Phi) is 5.69. The van der Waals surface area contributed by atoms with Crippen LogP contribution < -0.4 is 5.32 Å². The molecule has 0 aliphatic rings. The Bertz CT molecular complexity index is 516. The van der Waals surface area contributed by atoms with E-state index in [1.165, 1.54) is 21.6 Å². The largest absolute Gasteiger partial charge is 0.306 e. The van der Waals surface area contributed by atoms with E-state index in [4.69, 9.17) is 0 Å². The van der Waals surface area contributed by atoms with Gasteiger partial charge in [0.2, 0.25) is 0 Å². The minimum absolute atomic E-state index is 0.427. The molecule has 20 heavy (non-hydrogen) atoms. The fraction of sp³-hybridized carbons (Fsp3) is 0.333. The van der Waals surface area contributed by atoms with Gasteiger partial charge in [-0.2, -0.15) is 0 Å². The Morgan fingerprint density at radius 2 is 1.65 bits per heavy atom. The lowest BCUT2D eigenvalue weighted by molar-refractivity contribution is 0.519. The van der Waals surface area contributed by atoms with Crippen LogP contribution in [0.2, 0.25) is 0 Å². The lowest BCUT2D eigenvalue weighted by Crippen LogP contribution is -2.20. The Morgan fingerprint density at radius 3 is 2.20 bits per heavy atom. The highest BCUT2D eigenvalue weighted by molar-refractivity contribution is 7.98. The maximum Gasteiger partial charge on any atom is 0.0320 e. The summed E-state index contributed by atoms with van der Waals surface area (Å²) < 4.78 is 0. The highest BCUT2D eigenvalue weighted by Crippen LogP contribution is 2.19. The molecule has 1 N–H and O–H groups in total. The SMILES string of the molecule is CCC(NCc1ccc(SC)cc1)c1ccc(C)cc1. The van der Waals surface area contributed by atoms with Crippen molar-refractivity contribution in [3.8, 4) is 0 Å². The summed E-state index contributed by atoms with van der Waals surface area (Å²) in [6.07, 6.45) is 3.21. The first-order chi connectivity index (χ1) is 9.72. The van der Waals surface area contributed by atoms with Crippen molar-refractivity contribution in [3.05, 3.63) is 65.2 Å². The molecule has 0 saturated carbocycles. The fourth-order valence-electron chi connectivity index (χ4n) is 2.28. The summed E-state index contributed by atoms with van der Waals surface area (Å²) in [5.74, 6) is 0. The maximum absolute atomic E-state index is 3.65. The molecule has 0 saturated heterocycles. The van der Waals surface area contributed by atoms with Crippen LogP contribution in [0.1, 0.15) is 36.1 Å². The molecule has 1 atom stereocenters. The number of rotatable bonds is 6. The van der Waals surface area contributed by atoms with Gasteiger partial charge < -0.3 is 5.32 Å². The summed E-state index contributed by atoms with van der Waals surface area (Å²) in [6, 6.07) is 18.1. The van der Waals surface area contributed by atoms with E-state index in [-0.39, 0.29) is 0 Å². The first-order valence-corrected chi connectivity index (χ1v) is 8.38. The van der Waals surface area contributed by atoms with Gasteiger partial charge in [-0.1, -0.05) is 48.9 Å². The van der Waals surface area contributed by atoms with Crippen molar-refractivity contribution in [1.82, 2.24) is 5.32 Å². The molecule has 2 aromatic rings. The summed E-state index contributed by atoms with van der Waals surface area (Å²) in [5.41, 5.74) is 4.03. The monoisotopic (exact) mass is 285 g/mol. The fourth-order valence-corrected chi connectivity index (χ4v) is 2.69. The molecule has 0 spiro atoms. The van der Waals surface area contributed by atoms with E-state index in [0.29, 0.717) is 6.04 Å². The van der Waals surface area contributed by atoms with Crippen LogP contribution in [0, 0.1) is 6.92 Å². The van der Waals surface area contributed by atoms with Crippen molar-refractivity contribution in [2.24, 2.45) is 0 Å². The topological polar surface area (TPSA) is 12.0 Å². The van der Waals surface area contributed by atoms with Gasteiger partial charge in [-0.15, -0.1) is 11.8 Å². The second-order valence-corrected chi connectivity index (χ2v) is 5.98. The van der Waals surface area contributed by atoms with E-state index < -0.39 is 0 Å². The summed E-state index contributed by atoms with van der Waals surface area (Å²) in [4.78, 5) is 1.32. The van der Waals surface area contributed by atoms with Crippen LogP contribution in [-0.2, 0) is 6.54 Å². The number of aryl methyl sites for hydroxylation is 1. The Labute approximate surface area is 126 Å². The van der Waals surface area contributed by atoms with Gasteiger partial charge in [0.05, 0.1) is 0 Å². The summed E-state index contributed by atoms with van der Waals surface area (Å²) >= 11 is 1.78. The molecule has 0 radical (unpaired) electrons. The van der Waals surface area contributed by atoms with Gasteiger partial charge in [-0.25, -0.2) is 0 Å². The number of benzene rings is 2. The molecule has 0 bridgehead atoms. The summed E-state index contributed by atoms with van der Waals surface area (Å²) in [6.45, 7) is 5.28. The minimum Gasteiger partial charge on any atom is -0.306 e. The third-order valence-electron chi connectivity index (χ3n) is 3.60. The van der Waals surface area contributed by atoms with Crippen molar-refractivity contribution >= 4 is 11.8 Å². The van der Waals surface area contributed by atoms with E-state index in [0.717, 1.165) is 13.0 Å². The third-order valence-corrected chi connectivity index (χ3v) is 4.34. The molecule has 1 nitrogen and oxygen atoms in total. The molecule has 2 heteroatoms. The number of hydrogen-bond donors (Lipinski definition) is 1. The first kappa shape index (κ1) is 15.1. The second kappa shape index (κ2) is 7.51. The normalized spacial score (nSPS) is 12.3. The van der Waals surface area contributed by atoms with Gasteiger partial charge in [0, 0.05) is 17.5 Å². The van der Waals surface area contributed by atoms with Crippen LogP contribution in [0.15, 0.2) is 53.4 Å². The van der Waals surface area contributed by atoms with Gasteiger partial charge >= 0.3 is 0 Å². The average molecular weight is 285 g/mol. The van der Waals surface area contributed by atoms with Gasteiger partial charge in [0.25, 0.3) is 0 Å². The van der Waals surface area contributed by atoms with E-state index >= 15 is 0 Å². The van der Waals surface area contributed by atoms with Gasteiger partial charge in [-0.05, 0) is 42.9 Å². The van der Waals surface area contributed by atoms with E-state index in [2.05, 4.69) is 74.0 Å². The van der Waals surface area contributed by atoms with Crippen LogP contribution in [0.4, 0.5) is 0 Å². The van der Waals surface area contributed by atoms with Crippen molar-refractivity contribution in [2.75, 3.05) is 6.26 Å². The molecule has 0 aliphatic carbocycles. The number of hydrogen-bond acceptors (Lipinski definition) is 2. The standard InChI is InChI=1S/C18H23NS/c1-4-18(16-9-5-14(2)6-10-16)19-13-15-7-11-17(20-3)12-8-15/h5-12,18-19H,4,13H2,1-3H3. The maximum atomic E-state index is 3.65. The van der Waals surface area contributed by atoms with Crippen molar-refractivity contribution in [1.29, 1.82) is 0 Å². The predicted octanol–water partition coefficient (Wildman–Crippen LogP) is 4.96. The summed E-state index contributed by atoms with van der Waals surface area (Å²) in [5, 5.41) is 3.65. The van der Waals surface area contributed by atoms with Crippen LogP contribution in [0.3, 0.4) is 0 Å². The van der Waals surface area contributed by atoms with Gasteiger partial charge in [-0.3, -0.25) is 0 Å².